The quantitative estimate of drug-likeness (QED) is 0.820. The zero-order valence-electron chi connectivity index (χ0n) is 10.9. The summed E-state index contributed by atoms with van der Waals surface area (Å²) < 4.78 is 0. The molecule has 1 saturated heterocycles. The van der Waals surface area contributed by atoms with Crippen LogP contribution < -0.4 is 0 Å². The Hall–Kier alpha value is -0.570. The molecule has 1 N–H and O–H groups in total. The lowest BCUT2D eigenvalue weighted by Gasteiger charge is -2.44. The van der Waals surface area contributed by atoms with Crippen molar-refractivity contribution in [1.82, 2.24) is 4.90 Å². The Labute approximate surface area is 104 Å². The molecule has 2 aliphatic rings. The zero-order valence-corrected chi connectivity index (χ0v) is 10.9. The van der Waals surface area contributed by atoms with Crippen LogP contribution in [-0.4, -0.2) is 35.1 Å². The van der Waals surface area contributed by atoms with E-state index in [1.54, 1.807) is 0 Å². The van der Waals surface area contributed by atoms with E-state index in [0.717, 1.165) is 18.9 Å². The number of hydrogen-bond acceptors (Lipinski definition) is 2. The summed E-state index contributed by atoms with van der Waals surface area (Å²) in [5.74, 6) is 0.542. The van der Waals surface area contributed by atoms with Crippen LogP contribution in [0.4, 0.5) is 0 Å². The van der Waals surface area contributed by atoms with Crippen molar-refractivity contribution in [3.8, 4) is 0 Å². The van der Waals surface area contributed by atoms with Crippen LogP contribution in [0.1, 0.15) is 51.9 Å². The Balaban J connectivity index is 2.07. The Bertz CT molecular complexity index is 259. The molecule has 1 saturated carbocycles. The largest absolute Gasteiger partial charge is 0.481 e. The summed E-state index contributed by atoms with van der Waals surface area (Å²) in [5.41, 5.74) is 0. The molecule has 2 rings (SSSR count). The standard InChI is InChI=1S/C14H25NO2/c1-2-15-9-5-8-12(10-13(16)17)14(15)11-6-3-4-7-11/h11-12,14H,2-10H2,1H3,(H,16,17)/t12-,14-/m1/s1. The number of carboxylic acids is 1. The average molecular weight is 239 g/mol. The van der Waals surface area contributed by atoms with Crippen LogP contribution in [0, 0.1) is 11.8 Å². The lowest BCUT2D eigenvalue weighted by Crippen LogP contribution is -2.49. The van der Waals surface area contributed by atoms with Gasteiger partial charge in [0.1, 0.15) is 0 Å². The monoisotopic (exact) mass is 239 g/mol. The predicted molar refractivity (Wildman–Crippen MR) is 68.0 cm³/mol. The van der Waals surface area contributed by atoms with E-state index in [9.17, 15) is 4.79 Å². The number of likely N-dealkylation sites (tertiary alicyclic amines) is 1. The van der Waals surface area contributed by atoms with Crippen molar-refractivity contribution in [3.63, 3.8) is 0 Å². The number of nitrogens with zero attached hydrogens (tertiary/aromatic N) is 1. The molecule has 0 unspecified atom stereocenters. The minimum Gasteiger partial charge on any atom is -0.481 e. The molecule has 0 radical (unpaired) electrons. The van der Waals surface area contributed by atoms with Gasteiger partial charge in [0.25, 0.3) is 0 Å². The fraction of sp³-hybridized carbons (Fsp3) is 0.929. The van der Waals surface area contributed by atoms with Gasteiger partial charge in [0.05, 0.1) is 0 Å². The van der Waals surface area contributed by atoms with Crippen molar-refractivity contribution in [1.29, 1.82) is 0 Å². The second-order valence-electron chi connectivity index (χ2n) is 5.66. The normalized spacial score (nSPS) is 31.8. The topological polar surface area (TPSA) is 40.5 Å². The molecule has 2 atom stereocenters. The van der Waals surface area contributed by atoms with Crippen LogP contribution in [0.5, 0.6) is 0 Å². The Morgan fingerprint density at radius 3 is 2.53 bits per heavy atom. The maximum absolute atomic E-state index is 11.0. The molecule has 2 fully saturated rings. The number of rotatable bonds is 4. The Morgan fingerprint density at radius 2 is 1.94 bits per heavy atom. The number of hydrogen-bond donors (Lipinski definition) is 1. The van der Waals surface area contributed by atoms with Crippen LogP contribution in [0.2, 0.25) is 0 Å². The molecule has 1 aliphatic heterocycles. The highest BCUT2D eigenvalue weighted by molar-refractivity contribution is 5.67. The Morgan fingerprint density at radius 1 is 1.24 bits per heavy atom. The van der Waals surface area contributed by atoms with Gasteiger partial charge in [-0.3, -0.25) is 4.79 Å². The third-order valence-corrected chi connectivity index (χ3v) is 4.65. The van der Waals surface area contributed by atoms with Crippen LogP contribution in [0.25, 0.3) is 0 Å². The molecule has 1 aliphatic carbocycles. The van der Waals surface area contributed by atoms with E-state index in [1.165, 1.54) is 38.6 Å². The summed E-state index contributed by atoms with van der Waals surface area (Å²) in [6, 6.07) is 0.548. The van der Waals surface area contributed by atoms with E-state index in [2.05, 4.69) is 11.8 Å². The molecule has 98 valence electrons. The molecule has 3 heteroatoms. The van der Waals surface area contributed by atoms with E-state index in [4.69, 9.17) is 5.11 Å². The van der Waals surface area contributed by atoms with E-state index >= 15 is 0 Å². The van der Waals surface area contributed by atoms with E-state index in [1.807, 2.05) is 0 Å². The van der Waals surface area contributed by atoms with Gasteiger partial charge in [0, 0.05) is 12.5 Å². The molecule has 0 aromatic heterocycles. The molecular weight excluding hydrogens is 214 g/mol. The summed E-state index contributed by atoms with van der Waals surface area (Å²) in [7, 11) is 0. The lowest BCUT2D eigenvalue weighted by atomic mass is 9.78. The minimum atomic E-state index is -0.615. The SMILES string of the molecule is CCN1CCC[C@H](CC(=O)O)[C@H]1C1CCCC1. The highest BCUT2D eigenvalue weighted by atomic mass is 16.4. The van der Waals surface area contributed by atoms with Gasteiger partial charge in [0.15, 0.2) is 0 Å². The highest BCUT2D eigenvalue weighted by Gasteiger charge is 2.38. The van der Waals surface area contributed by atoms with Crippen molar-refractivity contribution >= 4 is 5.97 Å². The second kappa shape index (κ2) is 5.85. The van der Waals surface area contributed by atoms with Crippen molar-refractivity contribution in [2.45, 2.75) is 57.9 Å². The fourth-order valence-corrected chi connectivity index (χ4v) is 3.97. The van der Waals surface area contributed by atoms with Gasteiger partial charge in [-0.05, 0) is 50.6 Å². The average Bonchev–Trinajstić information content (AvgIpc) is 2.81. The fourth-order valence-electron chi connectivity index (χ4n) is 3.97. The highest BCUT2D eigenvalue weighted by Crippen LogP contribution is 2.38. The van der Waals surface area contributed by atoms with Crippen LogP contribution >= 0.6 is 0 Å². The summed E-state index contributed by atoms with van der Waals surface area (Å²) >= 11 is 0. The summed E-state index contributed by atoms with van der Waals surface area (Å²) in [6.07, 6.45) is 7.99. The van der Waals surface area contributed by atoms with Gasteiger partial charge in [-0.25, -0.2) is 0 Å². The molecule has 0 spiro atoms. The number of carbonyl (C=O) groups is 1. The van der Waals surface area contributed by atoms with Crippen molar-refractivity contribution < 1.29 is 9.90 Å². The molecular formula is C14H25NO2. The Kier molecular flexibility index (Phi) is 4.43. The minimum absolute atomic E-state index is 0.373. The molecule has 0 aromatic rings. The maximum Gasteiger partial charge on any atom is 0.303 e. The predicted octanol–water partition coefficient (Wildman–Crippen LogP) is 2.75. The van der Waals surface area contributed by atoms with Crippen molar-refractivity contribution in [2.75, 3.05) is 13.1 Å². The number of carboxylic acid groups (broad SMARTS) is 1. The molecule has 0 bridgehead atoms. The van der Waals surface area contributed by atoms with Crippen LogP contribution in [0.15, 0.2) is 0 Å². The lowest BCUT2D eigenvalue weighted by molar-refractivity contribution is -0.139. The maximum atomic E-state index is 11.0. The van der Waals surface area contributed by atoms with Gasteiger partial charge in [-0.2, -0.15) is 0 Å². The van der Waals surface area contributed by atoms with E-state index < -0.39 is 5.97 Å². The smallest absolute Gasteiger partial charge is 0.303 e. The van der Waals surface area contributed by atoms with Gasteiger partial charge in [-0.1, -0.05) is 19.8 Å². The van der Waals surface area contributed by atoms with Crippen molar-refractivity contribution in [2.24, 2.45) is 11.8 Å². The van der Waals surface area contributed by atoms with Gasteiger partial charge >= 0.3 is 5.97 Å². The molecule has 0 aromatic carbocycles. The first-order valence-corrected chi connectivity index (χ1v) is 7.18. The van der Waals surface area contributed by atoms with Gasteiger partial charge in [-0.15, -0.1) is 0 Å². The first kappa shape index (κ1) is 12.9. The van der Waals surface area contributed by atoms with Gasteiger partial charge in [0.2, 0.25) is 0 Å². The number of piperidine rings is 1. The zero-order chi connectivity index (χ0) is 12.3. The summed E-state index contributed by atoms with van der Waals surface area (Å²) in [5, 5.41) is 9.07. The third-order valence-electron chi connectivity index (χ3n) is 4.65. The van der Waals surface area contributed by atoms with Crippen LogP contribution in [0.3, 0.4) is 0 Å². The second-order valence-corrected chi connectivity index (χ2v) is 5.66. The first-order valence-electron chi connectivity index (χ1n) is 7.18. The van der Waals surface area contributed by atoms with E-state index in [0.29, 0.717) is 18.4 Å². The first-order chi connectivity index (χ1) is 8.22. The molecule has 1 heterocycles. The van der Waals surface area contributed by atoms with Crippen molar-refractivity contribution in [3.05, 3.63) is 0 Å². The van der Waals surface area contributed by atoms with E-state index in [-0.39, 0.29) is 0 Å². The summed E-state index contributed by atoms with van der Waals surface area (Å²) in [4.78, 5) is 13.6. The molecule has 17 heavy (non-hydrogen) atoms. The summed E-state index contributed by atoms with van der Waals surface area (Å²) in [6.45, 7) is 4.47. The van der Waals surface area contributed by atoms with Gasteiger partial charge < -0.3 is 10.0 Å². The third kappa shape index (κ3) is 3.01. The molecule has 0 amide bonds. The van der Waals surface area contributed by atoms with Crippen LogP contribution in [-0.2, 0) is 4.79 Å². The number of aliphatic carboxylic acids is 1. The molecule has 3 nitrogen and oxygen atoms in total.